The second kappa shape index (κ2) is 10.1. The highest BCUT2D eigenvalue weighted by Gasteiger charge is 2.32. The van der Waals surface area contributed by atoms with Crippen molar-refractivity contribution in [2.45, 2.75) is 69.6 Å². The lowest BCUT2D eigenvalue weighted by atomic mass is 9.84. The summed E-state index contributed by atoms with van der Waals surface area (Å²) >= 11 is 0. The smallest absolute Gasteiger partial charge is 0.416 e. The molecular formula is C26H29F3N2O3. The van der Waals surface area contributed by atoms with E-state index < -0.39 is 23.7 Å². The predicted octanol–water partition coefficient (Wildman–Crippen LogP) is 5.43. The highest BCUT2D eigenvalue weighted by Crippen LogP contribution is 2.35. The van der Waals surface area contributed by atoms with E-state index in [0.717, 1.165) is 50.7 Å². The highest BCUT2D eigenvalue weighted by atomic mass is 19.4. The molecule has 2 aliphatic carbocycles. The van der Waals surface area contributed by atoms with Gasteiger partial charge in [-0.3, -0.25) is 9.59 Å². The normalized spacial score (nSPS) is 17.7. The van der Waals surface area contributed by atoms with E-state index in [2.05, 4.69) is 10.6 Å². The molecule has 4 rings (SSSR count). The first kappa shape index (κ1) is 24.1. The summed E-state index contributed by atoms with van der Waals surface area (Å²) in [5.74, 6) is -0.566. The van der Waals surface area contributed by atoms with Crippen LogP contribution in [0.4, 0.5) is 13.2 Å². The van der Waals surface area contributed by atoms with Gasteiger partial charge in [-0.05, 0) is 61.1 Å². The van der Waals surface area contributed by atoms with Crippen LogP contribution in [0.3, 0.4) is 0 Å². The third-order valence-corrected chi connectivity index (χ3v) is 6.60. The average molecular weight is 475 g/mol. The molecule has 0 aliphatic heterocycles. The van der Waals surface area contributed by atoms with E-state index in [4.69, 9.17) is 0 Å². The zero-order chi connectivity index (χ0) is 24.3. The molecule has 0 aromatic heterocycles. The third kappa shape index (κ3) is 6.10. The van der Waals surface area contributed by atoms with Gasteiger partial charge in [0, 0.05) is 17.2 Å². The number of hydrogen-bond donors (Lipinski definition) is 3. The standard InChI is InChI=1S/C26H29F3N2O3/c27-26(28,29)19-8-4-7-17(14-19)21-15-18(9-12-23(21)32)24(33)31-22(25(34)30-20-10-11-20)13-16-5-2-1-3-6-16/h4,7-9,12,14-16,20,22,32H,1-3,5-6,10-11,13H2,(H,30,34)(H,31,33)/t22-/m0/s1. The van der Waals surface area contributed by atoms with E-state index in [0.29, 0.717) is 12.3 Å². The van der Waals surface area contributed by atoms with Gasteiger partial charge in [0.15, 0.2) is 0 Å². The summed E-state index contributed by atoms with van der Waals surface area (Å²) in [5, 5.41) is 16.1. The number of hydrogen-bond acceptors (Lipinski definition) is 3. The minimum absolute atomic E-state index is 0.116. The van der Waals surface area contributed by atoms with E-state index >= 15 is 0 Å². The molecule has 0 unspecified atom stereocenters. The Kier molecular flexibility index (Phi) is 7.14. The fraction of sp³-hybridized carbons (Fsp3) is 0.462. The Bertz CT molecular complexity index is 1040. The van der Waals surface area contributed by atoms with Crippen LogP contribution in [-0.4, -0.2) is 29.0 Å². The first-order valence-electron chi connectivity index (χ1n) is 11.8. The Morgan fingerprint density at radius 2 is 1.74 bits per heavy atom. The molecule has 2 aromatic carbocycles. The third-order valence-electron chi connectivity index (χ3n) is 6.60. The Hall–Kier alpha value is -3.03. The molecule has 182 valence electrons. The van der Waals surface area contributed by atoms with Gasteiger partial charge in [0.1, 0.15) is 11.8 Å². The maximum absolute atomic E-state index is 13.1. The van der Waals surface area contributed by atoms with Gasteiger partial charge in [-0.2, -0.15) is 13.2 Å². The number of nitrogens with one attached hydrogen (secondary N) is 2. The summed E-state index contributed by atoms with van der Waals surface area (Å²) in [7, 11) is 0. The van der Waals surface area contributed by atoms with Crippen molar-refractivity contribution in [1.82, 2.24) is 10.6 Å². The summed E-state index contributed by atoms with van der Waals surface area (Å²) in [6.45, 7) is 0. The molecule has 2 aliphatic rings. The number of carbonyl (C=O) groups excluding carboxylic acids is 2. The van der Waals surface area contributed by atoms with E-state index in [9.17, 15) is 27.9 Å². The summed E-state index contributed by atoms with van der Waals surface area (Å²) in [6.07, 6.45) is 3.40. The maximum Gasteiger partial charge on any atom is 0.416 e. The first-order valence-corrected chi connectivity index (χ1v) is 11.8. The van der Waals surface area contributed by atoms with E-state index in [-0.39, 0.29) is 34.4 Å². The summed E-state index contributed by atoms with van der Waals surface area (Å²) in [4.78, 5) is 25.9. The number of aromatic hydroxyl groups is 1. The number of benzene rings is 2. The minimum Gasteiger partial charge on any atom is -0.507 e. The second-order valence-corrected chi connectivity index (χ2v) is 9.36. The van der Waals surface area contributed by atoms with Crippen molar-refractivity contribution in [2.24, 2.45) is 5.92 Å². The van der Waals surface area contributed by atoms with Crippen LogP contribution >= 0.6 is 0 Å². The van der Waals surface area contributed by atoms with Crippen LogP contribution in [0.5, 0.6) is 5.75 Å². The molecule has 5 nitrogen and oxygen atoms in total. The Morgan fingerprint density at radius 1 is 1.00 bits per heavy atom. The quantitative estimate of drug-likeness (QED) is 0.501. The predicted molar refractivity (Wildman–Crippen MR) is 122 cm³/mol. The van der Waals surface area contributed by atoms with Crippen molar-refractivity contribution >= 4 is 11.8 Å². The fourth-order valence-electron chi connectivity index (χ4n) is 4.53. The van der Waals surface area contributed by atoms with Crippen molar-refractivity contribution in [2.75, 3.05) is 0 Å². The van der Waals surface area contributed by atoms with Gasteiger partial charge in [-0.25, -0.2) is 0 Å². The molecule has 3 N–H and O–H groups in total. The van der Waals surface area contributed by atoms with E-state index in [1.165, 1.54) is 36.8 Å². The monoisotopic (exact) mass is 474 g/mol. The van der Waals surface area contributed by atoms with Crippen LogP contribution in [-0.2, 0) is 11.0 Å². The first-order chi connectivity index (χ1) is 16.2. The van der Waals surface area contributed by atoms with Gasteiger partial charge in [-0.1, -0.05) is 44.2 Å². The Labute approximate surface area is 196 Å². The van der Waals surface area contributed by atoms with E-state index in [1.807, 2.05) is 0 Å². The molecule has 0 heterocycles. The number of rotatable bonds is 7. The van der Waals surface area contributed by atoms with Gasteiger partial charge in [0.2, 0.25) is 5.91 Å². The van der Waals surface area contributed by atoms with Crippen LogP contribution in [0.15, 0.2) is 42.5 Å². The molecule has 2 amide bonds. The largest absolute Gasteiger partial charge is 0.507 e. The number of phenolic OH excluding ortho intramolecular Hbond substituents is 1. The maximum atomic E-state index is 13.1. The van der Waals surface area contributed by atoms with Gasteiger partial charge >= 0.3 is 6.18 Å². The number of amides is 2. The topological polar surface area (TPSA) is 78.4 Å². The molecule has 0 bridgehead atoms. The molecule has 2 saturated carbocycles. The molecule has 0 spiro atoms. The van der Waals surface area contributed by atoms with Crippen molar-refractivity contribution in [3.63, 3.8) is 0 Å². The number of halogens is 3. The van der Waals surface area contributed by atoms with Gasteiger partial charge in [0.05, 0.1) is 5.56 Å². The molecule has 2 aromatic rings. The van der Waals surface area contributed by atoms with Crippen molar-refractivity contribution in [3.05, 3.63) is 53.6 Å². The number of alkyl halides is 3. The zero-order valence-electron chi connectivity index (χ0n) is 18.8. The Balaban J connectivity index is 1.54. The SMILES string of the molecule is O=C(N[C@@H](CC1CCCCC1)C(=O)NC1CC1)c1ccc(O)c(-c2cccc(C(F)(F)F)c2)c1. The van der Waals surface area contributed by atoms with Crippen molar-refractivity contribution in [3.8, 4) is 16.9 Å². The lowest BCUT2D eigenvalue weighted by Gasteiger charge is -2.26. The van der Waals surface area contributed by atoms with Crippen LogP contribution < -0.4 is 10.6 Å². The number of phenols is 1. The van der Waals surface area contributed by atoms with Gasteiger partial charge in [-0.15, -0.1) is 0 Å². The lowest BCUT2D eigenvalue weighted by molar-refractivity contribution is -0.137. The molecule has 1 atom stereocenters. The van der Waals surface area contributed by atoms with Crippen molar-refractivity contribution in [1.29, 1.82) is 0 Å². The highest BCUT2D eigenvalue weighted by molar-refractivity contribution is 5.99. The second-order valence-electron chi connectivity index (χ2n) is 9.36. The average Bonchev–Trinajstić information content (AvgIpc) is 3.63. The molecule has 0 radical (unpaired) electrons. The Morgan fingerprint density at radius 3 is 2.41 bits per heavy atom. The molecule has 2 fully saturated rings. The summed E-state index contributed by atoms with van der Waals surface area (Å²) in [6, 6.07) is 8.12. The van der Waals surface area contributed by atoms with Crippen LogP contribution in [0.2, 0.25) is 0 Å². The molecular weight excluding hydrogens is 445 g/mol. The molecule has 34 heavy (non-hydrogen) atoms. The summed E-state index contributed by atoms with van der Waals surface area (Å²) in [5.41, 5.74) is -0.418. The zero-order valence-corrected chi connectivity index (χ0v) is 18.8. The number of carbonyl (C=O) groups is 2. The molecule has 8 heteroatoms. The molecule has 0 saturated heterocycles. The van der Waals surface area contributed by atoms with Gasteiger partial charge < -0.3 is 15.7 Å². The lowest BCUT2D eigenvalue weighted by Crippen LogP contribution is -2.48. The van der Waals surface area contributed by atoms with Crippen LogP contribution in [0, 0.1) is 5.92 Å². The van der Waals surface area contributed by atoms with Crippen molar-refractivity contribution < 1.29 is 27.9 Å². The van der Waals surface area contributed by atoms with Crippen LogP contribution in [0.1, 0.15) is 67.3 Å². The van der Waals surface area contributed by atoms with E-state index in [1.54, 1.807) is 0 Å². The van der Waals surface area contributed by atoms with Crippen LogP contribution in [0.25, 0.3) is 11.1 Å². The van der Waals surface area contributed by atoms with Gasteiger partial charge in [0.25, 0.3) is 5.91 Å². The summed E-state index contributed by atoms with van der Waals surface area (Å²) < 4.78 is 39.4. The fourth-order valence-corrected chi connectivity index (χ4v) is 4.53. The minimum atomic E-state index is -4.53.